The molecule has 9 heteroatoms. The van der Waals surface area contributed by atoms with Crippen LogP contribution in [0.4, 0.5) is 20.5 Å². The number of allylic oxidation sites excluding steroid dienone is 3. The Labute approximate surface area is 258 Å². The van der Waals surface area contributed by atoms with Gasteiger partial charge in [-0.3, -0.25) is 4.90 Å². The topological polar surface area (TPSA) is 69.5 Å². The van der Waals surface area contributed by atoms with Gasteiger partial charge in [0.1, 0.15) is 11.6 Å². The van der Waals surface area contributed by atoms with Crippen LogP contribution in [-0.2, 0) is 19.4 Å². The number of nitrogens with zero attached hydrogens (tertiary/aromatic N) is 6. The van der Waals surface area contributed by atoms with Crippen LogP contribution in [0.1, 0.15) is 57.1 Å². The molecule has 3 aromatic rings. The quantitative estimate of drug-likeness (QED) is 0.352. The lowest BCUT2D eigenvalue weighted by atomic mass is 9.84. The van der Waals surface area contributed by atoms with Crippen LogP contribution < -0.4 is 15.9 Å². The van der Waals surface area contributed by atoms with Crippen molar-refractivity contribution in [3.8, 4) is 0 Å². The first-order valence-corrected chi connectivity index (χ1v) is 15.8. The van der Waals surface area contributed by atoms with Gasteiger partial charge in [0.05, 0.1) is 22.9 Å². The summed E-state index contributed by atoms with van der Waals surface area (Å²) in [7, 11) is 0. The maximum absolute atomic E-state index is 15.1. The number of rotatable bonds is 10. The zero-order valence-electron chi connectivity index (χ0n) is 26.3. The first kappa shape index (κ1) is 30.2. The number of fused-ring (bicyclic) bond motifs is 3. The van der Waals surface area contributed by atoms with E-state index in [1.54, 1.807) is 0 Å². The minimum atomic E-state index is -0.539. The van der Waals surface area contributed by atoms with Crippen molar-refractivity contribution in [3.63, 3.8) is 0 Å². The predicted molar refractivity (Wildman–Crippen MR) is 170 cm³/mol. The number of likely N-dealkylation sites (N-methyl/N-ethyl adjacent to an activating group) is 1. The fourth-order valence-corrected chi connectivity index (χ4v) is 6.54. The molecule has 3 aliphatic rings. The Balaban J connectivity index is 1.23. The van der Waals surface area contributed by atoms with Crippen LogP contribution >= 0.6 is 0 Å². The Hall–Kier alpha value is -3.82. The maximum atomic E-state index is 15.1. The zero-order valence-corrected chi connectivity index (χ0v) is 26.3. The molecule has 44 heavy (non-hydrogen) atoms. The second-order valence-corrected chi connectivity index (χ2v) is 12.3. The molecule has 0 spiro atoms. The predicted octanol–water partition coefficient (Wildman–Crippen LogP) is 5.08. The van der Waals surface area contributed by atoms with Crippen LogP contribution in [0.25, 0.3) is 5.57 Å². The maximum Gasteiger partial charge on any atom is 0.228 e. The number of pyridine rings is 1. The number of hydrogen-bond donors (Lipinski definition) is 1. The van der Waals surface area contributed by atoms with Gasteiger partial charge in [-0.15, -0.1) is 0 Å². The van der Waals surface area contributed by atoms with E-state index in [4.69, 9.17) is 9.98 Å². The summed E-state index contributed by atoms with van der Waals surface area (Å²) >= 11 is 0. The van der Waals surface area contributed by atoms with E-state index < -0.39 is 11.6 Å². The van der Waals surface area contributed by atoms with Gasteiger partial charge < -0.3 is 10.2 Å². The van der Waals surface area contributed by atoms with Gasteiger partial charge in [0, 0.05) is 61.6 Å². The summed E-state index contributed by atoms with van der Waals surface area (Å²) in [4.78, 5) is 23.2. The Kier molecular flexibility index (Phi) is 8.69. The molecule has 2 aromatic heterocycles. The van der Waals surface area contributed by atoms with Crippen LogP contribution in [0.3, 0.4) is 0 Å². The molecule has 1 aromatic carbocycles. The summed E-state index contributed by atoms with van der Waals surface area (Å²) in [6, 6.07) is 6.95. The van der Waals surface area contributed by atoms with E-state index in [0.29, 0.717) is 22.7 Å². The monoisotopic (exact) mass is 597 g/mol. The van der Waals surface area contributed by atoms with Crippen molar-refractivity contribution in [2.24, 2.45) is 16.8 Å². The van der Waals surface area contributed by atoms with Crippen molar-refractivity contribution in [2.75, 3.05) is 38.0 Å². The molecule has 0 saturated carbocycles. The summed E-state index contributed by atoms with van der Waals surface area (Å²) in [5.74, 6) is 0.553. The molecule has 0 radical (unpaired) electrons. The molecule has 1 aliphatic carbocycles. The van der Waals surface area contributed by atoms with Crippen molar-refractivity contribution < 1.29 is 8.78 Å². The van der Waals surface area contributed by atoms with E-state index in [2.05, 4.69) is 77.9 Å². The van der Waals surface area contributed by atoms with Gasteiger partial charge >= 0.3 is 0 Å². The highest BCUT2D eigenvalue weighted by Gasteiger charge is 2.24. The molecular weight excluding hydrogens is 556 g/mol. The van der Waals surface area contributed by atoms with Crippen molar-refractivity contribution >= 4 is 17.3 Å². The van der Waals surface area contributed by atoms with Crippen LogP contribution in [0, 0.1) is 23.5 Å². The normalized spacial score (nSPS) is 17.7. The molecule has 1 atom stereocenters. The zero-order chi connectivity index (χ0) is 31.0. The molecule has 7 nitrogen and oxygen atoms in total. The third-order valence-corrected chi connectivity index (χ3v) is 9.03. The molecule has 6 rings (SSSR count). The van der Waals surface area contributed by atoms with Crippen molar-refractivity contribution in [1.82, 2.24) is 24.8 Å². The summed E-state index contributed by atoms with van der Waals surface area (Å²) < 4.78 is 29.9. The van der Waals surface area contributed by atoms with Crippen molar-refractivity contribution in [2.45, 2.75) is 54.0 Å². The summed E-state index contributed by atoms with van der Waals surface area (Å²) in [5.41, 5.74) is 6.24. The molecule has 1 N–H and O–H groups in total. The first-order valence-electron chi connectivity index (χ1n) is 15.8. The standard InChI is InChI=1S/C35H41F2N7/c1-6-43(7-2)12-13-44-11-10-29-23(20-44)8-9-33(40-29)42-35-38-19-28(37)31(41-35)16-24-15-25(36)17-32-34(24)27-18-26(21(3)4)22(5)14-30(27)39-32/h8-9,14-15,17-19,21-22H,6-7,10-13,16,20H2,1-5H3,(H,38,40,41,42). The molecule has 0 fully saturated rings. The van der Waals surface area contributed by atoms with E-state index in [-0.39, 0.29) is 24.0 Å². The lowest BCUT2D eigenvalue weighted by molar-refractivity contribution is 0.201. The smallest absolute Gasteiger partial charge is 0.228 e. The number of aromatic nitrogens is 3. The molecule has 0 amide bonds. The van der Waals surface area contributed by atoms with Crippen molar-refractivity contribution in [3.05, 3.63) is 98.6 Å². The molecule has 1 unspecified atom stereocenters. The Morgan fingerprint density at radius 2 is 1.93 bits per heavy atom. The first-order chi connectivity index (χ1) is 21.2. The second kappa shape index (κ2) is 12.7. The van der Waals surface area contributed by atoms with Gasteiger partial charge in [-0.05, 0) is 48.2 Å². The molecule has 2 aliphatic heterocycles. The highest BCUT2D eigenvalue weighted by atomic mass is 19.1. The Morgan fingerprint density at radius 3 is 2.70 bits per heavy atom. The molecule has 4 heterocycles. The van der Waals surface area contributed by atoms with Gasteiger partial charge in [0.2, 0.25) is 5.95 Å². The number of hydrogen-bond acceptors (Lipinski definition) is 7. The third kappa shape index (κ3) is 6.21. The van der Waals surface area contributed by atoms with Crippen LogP contribution in [0.5, 0.6) is 0 Å². The fourth-order valence-electron chi connectivity index (χ4n) is 6.54. The van der Waals surface area contributed by atoms with E-state index in [0.717, 1.165) is 74.1 Å². The van der Waals surface area contributed by atoms with Crippen LogP contribution in [0.2, 0.25) is 0 Å². The molecule has 230 valence electrons. The minimum Gasteiger partial charge on any atom is -0.309 e. The Morgan fingerprint density at radius 1 is 1.11 bits per heavy atom. The lowest BCUT2D eigenvalue weighted by Gasteiger charge is -2.30. The largest absolute Gasteiger partial charge is 0.309 e. The average molecular weight is 598 g/mol. The lowest BCUT2D eigenvalue weighted by Crippen LogP contribution is -2.38. The number of benzene rings is 1. The highest BCUT2D eigenvalue weighted by Crippen LogP contribution is 2.33. The van der Waals surface area contributed by atoms with E-state index in [1.165, 1.54) is 23.3 Å². The van der Waals surface area contributed by atoms with E-state index in [1.807, 2.05) is 6.07 Å². The van der Waals surface area contributed by atoms with Gasteiger partial charge in [-0.2, -0.15) is 0 Å². The minimum absolute atomic E-state index is 0.108. The number of halogens is 2. The van der Waals surface area contributed by atoms with E-state index >= 15 is 4.39 Å². The number of nitrogens with one attached hydrogen (secondary N) is 1. The van der Waals surface area contributed by atoms with E-state index in [9.17, 15) is 4.39 Å². The molecule has 0 bridgehead atoms. The van der Waals surface area contributed by atoms with Crippen LogP contribution in [-0.4, -0.2) is 57.5 Å². The fraction of sp³-hybridized carbons (Fsp3) is 0.429. The summed E-state index contributed by atoms with van der Waals surface area (Å²) in [5, 5.41) is 4.59. The second-order valence-electron chi connectivity index (χ2n) is 12.3. The van der Waals surface area contributed by atoms with Crippen LogP contribution in [0.15, 0.2) is 58.9 Å². The van der Waals surface area contributed by atoms with Gasteiger partial charge in [-0.1, -0.05) is 58.4 Å². The molecule has 0 saturated heterocycles. The van der Waals surface area contributed by atoms with Gasteiger partial charge in [-0.25, -0.2) is 28.7 Å². The number of anilines is 2. The van der Waals surface area contributed by atoms with Gasteiger partial charge in [0.15, 0.2) is 5.82 Å². The SMILES string of the molecule is CCN(CC)CCN1CCc2nc(Nc3ncc(F)c(Cc4cc(F)cc5c4=C4C=C(C(C)C)C(C)C=C4N=5)n3)ccc2C1. The highest BCUT2D eigenvalue weighted by molar-refractivity contribution is 5.78. The van der Waals surface area contributed by atoms with Crippen molar-refractivity contribution in [1.29, 1.82) is 0 Å². The third-order valence-electron chi connectivity index (χ3n) is 9.03. The Bertz CT molecular complexity index is 1760. The van der Waals surface area contributed by atoms with Gasteiger partial charge in [0.25, 0.3) is 0 Å². The summed E-state index contributed by atoms with van der Waals surface area (Å²) in [6.45, 7) is 17.0. The molecular formula is C35H41F2N7. The average Bonchev–Trinajstić information content (AvgIpc) is 3.35. The summed E-state index contributed by atoms with van der Waals surface area (Å²) in [6.07, 6.45) is 6.45.